The molecular weight excluding hydrogens is 292 g/mol. The molecule has 1 aromatic carbocycles. The number of nitrogens with one attached hydrogen (secondary N) is 1. The van der Waals surface area contributed by atoms with Crippen LogP contribution in [0, 0.1) is 0 Å². The largest absolute Gasteiger partial charge is 0.494 e. The Hall–Kier alpha value is -1.59. The molecule has 1 fully saturated rings. The van der Waals surface area contributed by atoms with Gasteiger partial charge in [-0.15, -0.1) is 0 Å². The lowest BCUT2D eigenvalue weighted by molar-refractivity contribution is -0.142. The van der Waals surface area contributed by atoms with E-state index >= 15 is 0 Å². The number of hydrogen-bond acceptors (Lipinski definition) is 4. The van der Waals surface area contributed by atoms with Crippen LogP contribution in [0.2, 0.25) is 0 Å². The van der Waals surface area contributed by atoms with Gasteiger partial charge >= 0.3 is 0 Å². The molecule has 3 atom stereocenters. The molecule has 5 nitrogen and oxygen atoms in total. The highest BCUT2D eigenvalue weighted by Crippen LogP contribution is 2.19. The summed E-state index contributed by atoms with van der Waals surface area (Å²) in [5.74, 6) is 0.987. The molecule has 0 spiro atoms. The van der Waals surface area contributed by atoms with E-state index < -0.39 is 0 Å². The molecule has 5 heteroatoms. The minimum Gasteiger partial charge on any atom is -0.494 e. The Labute approximate surface area is 139 Å². The minimum atomic E-state index is 0.0928. The number of morpholine rings is 1. The predicted molar refractivity (Wildman–Crippen MR) is 90.6 cm³/mol. The highest BCUT2D eigenvalue weighted by Gasteiger charge is 2.25. The molecule has 0 aromatic heterocycles. The summed E-state index contributed by atoms with van der Waals surface area (Å²) in [4.78, 5) is 14.3. The molecule has 0 aliphatic carbocycles. The lowest BCUT2D eigenvalue weighted by atomic mass is 10.1. The maximum absolute atomic E-state index is 12.4. The van der Waals surface area contributed by atoms with Crippen molar-refractivity contribution < 1.29 is 14.3 Å². The zero-order valence-electron chi connectivity index (χ0n) is 14.5. The normalized spacial score (nSPS) is 22.7. The van der Waals surface area contributed by atoms with Crippen LogP contribution in [0.5, 0.6) is 5.75 Å². The first kappa shape index (κ1) is 17.8. The zero-order valence-corrected chi connectivity index (χ0v) is 14.5. The number of benzene rings is 1. The van der Waals surface area contributed by atoms with Crippen molar-refractivity contribution in [3.63, 3.8) is 0 Å². The van der Waals surface area contributed by atoms with Crippen molar-refractivity contribution in [3.8, 4) is 5.75 Å². The van der Waals surface area contributed by atoms with Gasteiger partial charge in [-0.1, -0.05) is 12.1 Å². The lowest BCUT2D eigenvalue weighted by Crippen LogP contribution is -2.50. The number of rotatable bonds is 6. The zero-order chi connectivity index (χ0) is 16.8. The van der Waals surface area contributed by atoms with Crippen molar-refractivity contribution in [1.29, 1.82) is 0 Å². The van der Waals surface area contributed by atoms with E-state index in [1.54, 1.807) is 0 Å². The number of ether oxygens (including phenoxy) is 2. The maximum atomic E-state index is 12.4. The van der Waals surface area contributed by atoms with Crippen LogP contribution in [0.25, 0.3) is 0 Å². The van der Waals surface area contributed by atoms with Gasteiger partial charge in [-0.05, 0) is 45.4 Å². The second-order valence-electron chi connectivity index (χ2n) is 6.16. The van der Waals surface area contributed by atoms with E-state index in [1.165, 1.54) is 0 Å². The number of amides is 1. The van der Waals surface area contributed by atoms with Gasteiger partial charge < -0.3 is 19.7 Å². The molecule has 1 amide bonds. The highest BCUT2D eigenvalue weighted by atomic mass is 16.5. The van der Waals surface area contributed by atoms with Gasteiger partial charge in [0.25, 0.3) is 0 Å². The van der Waals surface area contributed by atoms with E-state index in [0.717, 1.165) is 11.3 Å². The predicted octanol–water partition coefficient (Wildman–Crippen LogP) is 2.37. The molecule has 1 heterocycles. The van der Waals surface area contributed by atoms with Crippen molar-refractivity contribution in [1.82, 2.24) is 10.2 Å². The van der Waals surface area contributed by atoms with E-state index in [4.69, 9.17) is 9.47 Å². The van der Waals surface area contributed by atoms with Gasteiger partial charge in [-0.2, -0.15) is 0 Å². The van der Waals surface area contributed by atoms with Crippen LogP contribution < -0.4 is 10.1 Å². The summed E-state index contributed by atoms with van der Waals surface area (Å²) in [7, 11) is 0. The number of nitrogens with zero attached hydrogens (tertiary/aromatic N) is 1. The third-order valence-corrected chi connectivity index (χ3v) is 4.00. The van der Waals surface area contributed by atoms with Crippen LogP contribution >= 0.6 is 0 Å². The van der Waals surface area contributed by atoms with Crippen LogP contribution in [0.1, 0.15) is 39.3 Å². The van der Waals surface area contributed by atoms with Crippen LogP contribution in [-0.4, -0.2) is 49.3 Å². The molecule has 128 valence electrons. The second kappa shape index (κ2) is 8.31. The standard InChI is InChI=1S/C18H28N2O3/c1-5-22-17-8-6-7-16(9-17)15(4)19-10-18(21)20-11-13(2)23-14(3)12-20/h6-9,13-15,19H,5,10-12H2,1-4H3/t13-,14+,15-/m0/s1. The van der Waals surface area contributed by atoms with Gasteiger partial charge in [-0.3, -0.25) is 4.79 Å². The van der Waals surface area contributed by atoms with Crippen LogP contribution in [-0.2, 0) is 9.53 Å². The molecule has 2 rings (SSSR count). The summed E-state index contributed by atoms with van der Waals surface area (Å²) in [5, 5.41) is 3.31. The third kappa shape index (κ3) is 5.22. The molecule has 0 unspecified atom stereocenters. The van der Waals surface area contributed by atoms with E-state index in [9.17, 15) is 4.79 Å². The Morgan fingerprint density at radius 1 is 1.39 bits per heavy atom. The quantitative estimate of drug-likeness (QED) is 0.874. The lowest BCUT2D eigenvalue weighted by Gasteiger charge is -2.35. The molecule has 1 aliphatic heterocycles. The van der Waals surface area contributed by atoms with Gasteiger partial charge in [0, 0.05) is 19.1 Å². The topological polar surface area (TPSA) is 50.8 Å². The second-order valence-corrected chi connectivity index (χ2v) is 6.16. The van der Waals surface area contributed by atoms with Gasteiger partial charge in [0.15, 0.2) is 0 Å². The molecule has 1 saturated heterocycles. The summed E-state index contributed by atoms with van der Waals surface area (Å²) in [6.07, 6.45) is 0.200. The Morgan fingerprint density at radius 2 is 2.09 bits per heavy atom. The molecule has 0 saturated carbocycles. The first-order valence-electron chi connectivity index (χ1n) is 8.39. The van der Waals surface area contributed by atoms with Crippen LogP contribution in [0.3, 0.4) is 0 Å². The average Bonchev–Trinajstić information content (AvgIpc) is 2.52. The molecular formula is C18H28N2O3. The number of carbonyl (C=O) groups is 1. The molecule has 23 heavy (non-hydrogen) atoms. The number of hydrogen-bond donors (Lipinski definition) is 1. The van der Waals surface area contributed by atoms with Gasteiger partial charge in [-0.25, -0.2) is 0 Å². The Bertz CT molecular complexity index is 511. The Kier molecular flexibility index (Phi) is 6.42. The first-order chi connectivity index (χ1) is 11.0. The fourth-order valence-corrected chi connectivity index (χ4v) is 2.89. The SMILES string of the molecule is CCOc1cccc([C@H](C)NCC(=O)N2C[C@@H](C)O[C@@H](C)C2)c1. The van der Waals surface area contributed by atoms with Crippen molar-refractivity contribution in [2.45, 2.75) is 45.9 Å². The van der Waals surface area contributed by atoms with Crippen LogP contribution in [0.15, 0.2) is 24.3 Å². The average molecular weight is 320 g/mol. The molecule has 0 radical (unpaired) electrons. The summed E-state index contributed by atoms with van der Waals surface area (Å²) in [6.45, 7) is 10.4. The summed E-state index contributed by atoms with van der Waals surface area (Å²) in [6, 6.07) is 8.08. The third-order valence-electron chi connectivity index (χ3n) is 4.00. The first-order valence-corrected chi connectivity index (χ1v) is 8.39. The number of carbonyl (C=O) groups excluding carboxylic acids is 1. The fraction of sp³-hybridized carbons (Fsp3) is 0.611. The van der Waals surface area contributed by atoms with E-state index in [1.807, 2.05) is 49.9 Å². The molecule has 1 aromatic rings. The Morgan fingerprint density at radius 3 is 2.74 bits per heavy atom. The van der Waals surface area contributed by atoms with Crippen LogP contribution in [0.4, 0.5) is 0 Å². The van der Waals surface area contributed by atoms with E-state index in [2.05, 4.69) is 12.2 Å². The molecule has 1 N–H and O–H groups in total. The van der Waals surface area contributed by atoms with Gasteiger partial charge in [0.05, 0.1) is 25.4 Å². The summed E-state index contributed by atoms with van der Waals surface area (Å²) >= 11 is 0. The minimum absolute atomic E-state index is 0.0928. The summed E-state index contributed by atoms with van der Waals surface area (Å²) < 4.78 is 11.2. The van der Waals surface area contributed by atoms with Crippen molar-refractivity contribution in [3.05, 3.63) is 29.8 Å². The van der Waals surface area contributed by atoms with E-state index in [-0.39, 0.29) is 24.2 Å². The highest BCUT2D eigenvalue weighted by molar-refractivity contribution is 5.78. The molecule has 1 aliphatic rings. The van der Waals surface area contributed by atoms with Gasteiger partial charge in [0.2, 0.25) is 5.91 Å². The maximum Gasteiger partial charge on any atom is 0.236 e. The smallest absolute Gasteiger partial charge is 0.236 e. The van der Waals surface area contributed by atoms with E-state index in [0.29, 0.717) is 26.2 Å². The molecule has 0 bridgehead atoms. The van der Waals surface area contributed by atoms with Gasteiger partial charge in [0.1, 0.15) is 5.75 Å². The monoisotopic (exact) mass is 320 g/mol. The fourth-order valence-electron chi connectivity index (χ4n) is 2.89. The van der Waals surface area contributed by atoms with Crippen molar-refractivity contribution >= 4 is 5.91 Å². The summed E-state index contributed by atoms with van der Waals surface area (Å²) in [5.41, 5.74) is 1.12. The Balaban J connectivity index is 1.87. The van der Waals surface area contributed by atoms with Crippen molar-refractivity contribution in [2.75, 3.05) is 26.2 Å². The van der Waals surface area contributed by atoms with Crippen molar-refractivity contribution in [2.24, 2.45) is 0 Å².